The molecule has 0 aliphatic rings. The van der Waals surface area contributed by atoms with Gasteiger partial charge in [-0.2, -0.15) is 0 Å². The topological polar surface area (TPSA) is 42.9 Å². The number of benzene rings is 1. The van der Waals surface area contributed by atoms with Gasteiger partial charge < -0.3 is 0 Å². The van der Waals surface area contributed by atoms with Crippen molar-refractivity contribution in [1.82, 2.24) is 9.97 Å². The van der Waals surface area contributed by atoms with Crippen LogP contribution in [0.3, 0.4) is 0 Å². The monoisotopic (exact) mass is 208 g/mol. The summed E-state index contributed by atoms with van der Waals surface area (Å²) < 4.78 is 24.5. The normalized spacial score (nSPS) is 10.9. The molecule has 0 atom stereocenters. The zero-order chi connectivity index (χ0) is 10.8. The number of aromatic nitrogens is 2. The molecule has 0 aliphatic heterocycles. The first-order valence-electron chi connectivity index (χ1n) is 4.21. The maximum atomic E-state index is 12.3. The average Bonchev–Trinajstić information content (AvgIpc) is 2.27. The van der Waals surface area contributed by atoms with Crippen LogP contribution >= 0.6 is 0 Å². The molecule has 0 unspecified atom stereocenters. The zero-order valence-corrected chi connectivity index (χ0v) is 7.52. The van der Waals surface area contributed by atoms with Crippen LogP contribution in [0.25, 0.3) is 10.9 Å². The van der Waals surface area contributed by atoms with Crippen molar-refractivity contribution in [1.29, 1.82) is 0 Å². The lowest BCUT2D eigenvalue weighted by atomic mass is 10.1. The predicted molar refractivity (Wildman–Crippen MR) is 49.9 cm³/mol. The van der Waals surface area contributed by atoms with Crippen LogP contribution in [0.4, 0.5) is 8.78 Å². The van der Waals surface area contributed by atoms with E-state index in [9.17, 15) is 13.6 Å². The van der Waals surface area contributed by atoms with Crippen molar-refractivity contribution in [3.63, 3.8) is 0 Å². The molecule has 0 amide bonds. The van der Waals surface area contributed by atoms with Gasteiger partial charge in [-0.15, -0.1) is 0 Å². The fraction of sp³-hybridized carbons (Fsp3) is 0.100. The molecule has 0 saturated carbocycles. The van der Waals surface area contributed by atoms with Crippen LogP contribution in [0.15, 0.2) is 30.7 Å². The number of Topliss-reactive ketones (excluding diaryl/α,β-unsaturated/α-hetero) is 1. The minimum atomic E-state index is -3.00. The molecule has 2 rings (SSSR count). The molecule has 15 heavy (non-hydrogen) atoms. The first-order chi connectivity index (χ1) is 7.20. The van der Waals surface area contributed by atoms with Gasteiger partial charge in [0.1, 0.15) is 6.33 Å². The molecule has 0 saturated heterocycles. The molecule has 5 heteroatoms. The Morgan fingerprint density at radius 2 is 2.13 bits per heavy atom. The fourth-order valence-corrected chi connectivity index (χ4v) is 1.34. The number of ketones is 1. The lowest BCUT2D eigenvalue weighted by molar-refractivity contribution is 0.0680. The van der Waals surface area contributed by atoms with Crippen LogP contribution in [-0.2, 0) is 0 Å². The van der Waals surface area contributed by atoms with E-state index in [-0.39, 0.29) is 5.56 Å². The molecule has 1 heterocycles. The van der Waals surface area contributed by atoms with Gasteiger partial charge in [0.15, 0.2) is 0 Å². The summed E-state index contributed by atoms with van der Waals surface area (Å²) in [7, 11) is 0. The molecule has 76 valence electrons. The highest BCUT2D eigenvalue weighted by Gasteiger charge is 2.19. The van der Waals surface area contributed by atoms with Gasteiger partial charge in [0.25, 0.3) is 0 Å². The van der Waals surface area contributed by atoms with Crippen LogP contribution in [0.1, 0.15) is 10.4 Å². The number of rotatable bonds is 2. The average molecular weight is 208 g/mol. The van der Waals surface area contributed by atoms with E-state index in [1.807, 2.05) is 0 Å². The summed E-state index contributed by atoms with van der Waals surface area (Å²) in [6, 6.07) is 4.50. The van der Waals surface area contributed by atoms with E-state index < -0.39 is 12.2 Å². The third-order valence-corrected chi connectivity index (χ3v) is 2.01. The summed E-state index contributed by atoms with van der Waals surface area (Å²) in [6.45, 7) is 0. The van der Waals surface area contributed by atoms with E-state index in [1.54, 1.807) is 6.07 Å². The summed E-state index contributed by atoms with van der Waals surface area (Å²) in [6.07, 6.45) is -0.340. The Kier molecular flexibility index (Phi) is 2.37. The highest BCUT2D eigenvalue weighted by Crippen LogP contribution is 2.18. The Morgan fingerprint density at radius 1 is 1.33 bits per heavy atom. The molecule has 0 aliphatic carbocycles. The van der Waals surface area contributed by atoms with E-state index in [0.29, 0.717) is 10.9 Å². The van der Waals surface area contributed by atoms with Crippen molar-refractivity contribution in [3.8, 4) is 0 Å². The molecule has 3 nitrogen and oxygen atoms in total. The second-order valence-corrected chi connectivity index (χ2v) is 2.93. The molecule has 0 fully saturated rings. The van der Waals surface area contributed by atoms with E-state index in [1.165, 1.54) is 24.7 Å². The quantitative estimate of drug-likeness (QED) is 0.709. The molecule has 2 aromatic rings. The number of halogens is 2. The number of fused-ring (bicyclic) bond motifs is 1. The Morgan fingerprint density at radius 3 is 2.87 bits per heavy atom. The lowest BCUT2D eigenvalue weighted by Crippen LogP contribution is -2.10. The van der Waals surface area contributed by atoms with Gasteiger partial charge in [-0.05, 0) is 6.07 Å². The maximum absolute atomic E-state index is 12.3. The number of hydrogen-bond acceptors (Lipinski definition) is 3. The smallest absolute Gasteiger partial charge is 0.288 e. The maximum Gasteiger partial charge on any atom is 0.300 e. The van der Waals surface area contributed by atoms with Crippen molar-refractivity contribution in [2.75, 3.05) is 0 Å². The van der Waals surface area contributed by atoms with Crippen LogP contribution in [0, 0.1) is 0 Å². The molecular formula is C10H6F2N2O. The van der Waals surface area contributed by atoms with Crippen LogP contribution in [-0.4, -0.2) is 22.2 Å². The van der Waals surface area contributed by atoms with Crippen molar-refractivity contribution in [2.24, 2.45) is 0 Å². The first kappa shape index (κ1) is 9.64. The second-order valence-electron chi connectivity index (χ2n) is 2.93. The van der Waals surface area contributed by atoms with E-state index in [4.69, 9.17) is 0 Å². The van der Waals surface area contributed by atoms with Crippen LogP contribution in [0.2, 0.25) is 0 Å². The number of hydrogen-bond donors (Lipinski definition) is 0. The Bertz CT molecular complexity index is 508. The number of carbonyl (C=O) groups is 1. The van der Waals surface area contributed by atoms with Crippen molar-refractivity contribution < 1.29 is 13.6 Å². The first-order valence-corrected chi connectivity index (χ1v) is 4.21. The van der Waals surface area contributed by atoms with Gasteiger partial charge in [-0.1, -0.05) is 12.1 Å². The standard InChI is InChI=1S/C10H6F2N2O/c11-10(12)9(15)6-2-1-3-8-7(6)4-13-5-14-8/h1-5,10H. The number of nitrogens with zero attached hydrogens (tertiary/aromatic N) is 2. The molecular weight excluding hydrogens is 202 g/mol. The van der Waals surface area contributed by atoms with Gasteiger partial charge in [-0.3, -0.25) is 4.79 Å². The van der Waals surface area contributed by atoms with Crippen LogP contribution in [0.5, 0.6) is 0 Å². The van der Waals surface area contributed by atoms with Gasteiger partial charge in [0.05, 0.1) is 5.52 Å². The van der Waals surface area contributed by atoms with E-state index >= 15 is 0 Å². The van der Waals surface area contributed by atoms with E-state index in [0.717, 1.165) is 0 Å². The third-order valence-electron chi connectivity index (χ3n) is 2.01. The van der Waals surface area contributed by atoms with Crippen molar-refractivity contribution in [3.05, 3.63) is 36.3 Å². The Labute approximate surface area is 83.8 Å². The molecule has 0 N–H and O–H groups in total. The summed E-state index contributed by atoms with van der Waals surface area (Å²) in [5, 5.41) is 0.352. The minimum Gasteiger partial charge on any atom is -0.288 e. The zero-order valence-electron chi connectivity index (χ0n) is 7.52. The fourth-order valence-electron chi connectivity index (χ4n) is 1.34. The highest BCUT2D eigenvalue weighted by atomic mass is 19.3. The minimum absolute atomic E-state index is 0.0388. The number of carbonyl (C=O) groups excluding carboxylic acids is 1. The largest absolute Gasteiger partial charge is 0.300 e. The Hall–Kier alpha value is -1.91. The molecule has 0 radical (unpaired) electrons. The number of alkyl halides is 2. The predicted octanol–water partition coefficient (Wildman–Crippen LogP) is 2.08. The molecule has 1 aromatic carbocycles. The van der Waals surface area contributed by atoms with Gasteiger partial charge >= 0.3 is 6.43 Å². The molecule has 0 bridgehead atoms. The Balaban J connectivity index is 2.66. The third kappa shape index (κ3) is 1.68. The van der Waals surface area contributed by atoms with Crippen LogP contribution < -0.4 is 0 Å². The second kappa shape index (κ2) is 3.68. The van der Waals surface area contributed by atoms with Gasteiger partial charge in [0.2, 0.25) is 5.78 Å². The lowest BCUT2D eigenvalue weighted by Gasteiger charge is -2.03. The van der Waals surface area contributed by atoms with Crippen molar-refractivity contribution >= 4 is 16.7 Å². The summed E-state index contributed by atoms with van der Waals surface area (Å²) in [5.74, 6) is -1.20. The molecule has 1 aromatic heterocycles. The van der Waals surface area contributed by atoms with Gasteiger partial charge in [-0.25, -0.2) is 18.7 Å². The highest BCUT2D eigenvalue weighted by molar-refractivity contribution is 6.08. The van der Waals surface area contributed by atoms with Gasteiger partial charge in [0, 0.05) is 17.1 Å². The SMILES string of the molecule is O=C(c1cccc2ncncc12)C(F)F. The summed E-state index contributed by atoms with van der Waals surface area (Å²) in [5.41, 5.74) is 0.444. The molecule has 0 spiro atoms. The van der Waals surface area contributed by atoms with Crippen molar-refractivity contribution in [2.45, 2.75) is 6.43 Å². The summed E-state index contributed by atoms with van der Waals surface area (Å²) in [4.78, 5) is 18.7. The summed E-state index contributed by atoms with van der Waals surface area (Å²) >= 11 is 0. The van der Waals surface area contributed by atoms with E-state index in [2.05, 4.69) is 9.97 Å².